The molecule has 1 aromatic heterocycles. The molecule has 0 fully saturated rings. The molecule has 1 aliphatic carbocycles. The quantitative estimate of drug-likeness (QED) is 0.678. The van der Waals surface area contributed by atoms with E-state index in [4.69, 9.17) is 16.3 Å². The van der Waals surface area contributed by atoms with E-state index in [9.17, 15) is 4.79 Å². The maximum absolute atomic E-state index is 12.6. The van der Waals surface area contributed by atoms with Crippen LogP contribution in [0.5, 0.6) is 0 Å². The second kappa shape index (κ2) is 6.33. The molecule has 3 aromatic rings. The zero-order valence-electron chi connectivity index (χ0n) is 13.3. The highest BCUT2D eigenvalue weighted by Gasteiger charge is 2.21. The first-order valence-corrected chi connectivity index (χ1v) is 8.65. The van der Waals surface area contributed by atoms with Crippen LogP contribution in [0.2, 0.25) is 5.02 Å². The fourth-order valence-corrected chi connectivity index (χ4v) is 3.66. The van der Waals surface area contributed by atoms with Gasteiger partial charge in [-0.05, 0) is 49.4 Å². The van der Waals surface area contributed by atoms with Crippen LogP contribution in [-0.2, 0) is 24.2 Å². The van der Waals surface area contributed by atoms with E-state index in [1.807, 2.05) is 36.4 Å². The Morgan fingerprint density at radius 2 is 1.92 bits per heavy atom. The number of carbonyl (C=O) groups is 1. The summed E-state index contributed by atoms with van der Waals surface area (Å²) in [6, 6.07) is 13.2. The van der Waals surface area contributed by atoms with Gasteiger partial charge in [0.05, 0.1) is 5.56 Å². The topological polar surface area (TPSA) is 42.1 Å². The van der Waals surface area contributed by atoms with Crippen LogP contribution in [0, 0.1) is 0 Å². The zero-order chi connectivity index (χ0) is 16.5. The Kier molecular flexibility index (Phi) is 4.03. The van der Waals surface area contributed by atoms with Crippen molar-refractivity contribution in [3.05, 3.63) is 69.9 Å². The number of aromatic nitrogens is 1. The molecule has 4 rings (SSSR count). The Morgan fingerprint density at radius 3 is 2.79 bits per heavy atom. The Labute approximate surface area is 145 Å². The van der Waals surface area contributed by atoms with E-state index in [0.717, 1.165) is 29.3 Å². The van der Waals surface area contributed by atoms with Crippen LogP contribution in [-0.4, -0.2) is 11.0 Å². The molecule has 0 saturated heterocycles. The molecule has 1 N–H and O–H groups in total. The third kappa shape index (κ3) is 2.69. The summed E-state index contributed by atoms with van der Waals surface area (Å²) in [6.07, 6.45) is 4.44. The first kappa shape index (κ1) is 15.3. The molecule has 122 valence electrons. The molecule has 0 aliphatic heterocycles. The van der Waals surface area contributed by atoms with E-state index < -0.39 is 0 Å². The molecule has 4 heteroatoms. The summed E-state index contributed by atoms with van der Waals surface area (Å²) in [6.45, 7) is 0.182. The lowest BCUT2D eigenvalue weighted by Crippen LogP contribution is -2.07. The molecule has 0 saturated carbocycles. The third-order valence-corrected chi connectivity index (χ3v) is 5.02. The van der Waals surface area contributed by atoms with Crippen molar-refractivity contribution >= 4 is 28.5 Å². The summed E-state index contributed by atoms with van der Waals surface area (Å²) in [5, 5.41) is 1.64. The van der Waals surface area contributed by atoms with Crippen LogP contribution in [0.3, 0.4) is 0 Å². The highest BCUT2D eigenvalue weighted by Crippen LogP contribution is 2.32. The third-order valence-electron chi connectivity index (χ3n) is 4.66. The lowest BCUT2D eigenvalue weighted by atomic mass is 9.94. The standard InChI is InChI=1S/C20H18ClNO2/c21-16-9-3-1-6-13(16)12-24-20(23)15-8-5-11-18-19(15)14-7-2-4-10-17(14)22-18/h1,3,5-6,8-9,11,22H,2,4,7,10,12H2. The Morgan fingerprint density at radius 1 is 1.08 bits per heavy atom. The van der Waals surface area contributed by atoms with Crippen molar-refractivity contribution in [1.29, 1.82) is 0 Å². The number of fused-ring (bicyclic) bond motifs is 3. The molecule has 0 bridgehead atoms. The molecule has 1 aliphatic rings. The van der Waals surface area contributed by atoms with E-state index in [-0.39, 0.29) is 12.6 Å². The molecular weight excluding hydrogens is 322 g/mol. The van der Waals surface area contributed by atoms with Crippen LogP contribution in [0.25, 0.3) is 10.9 Å². The second-order valence-corrected chi connectivity index (χ2v) is 6.59. The van der Waals surface area contributed by atoms with Gasteiger partial charge in [-0.25, -0.2) is 4.79 Å². The zero-order valence-corrected chi connectivity index (χ0v) is 14.0. The molecule has 0 amide bonds. The number of hydrogen-bond acceptors (Lipinski definition) is 2. The first-order valence-electron chi connectivity index (χ1n) is 8.27. The highest BCUT2D eigenvalue weighted by atomic mass is 35.5. The normalized spacial score (nSPS) is 13.7. The molecule has 0 radical (unpaired) electrons. The summed E-state index contributed by atoms with van der Waals surface area (Å²) in [4.78, 5) is 16.1. The van der Waals surface area contributed by atoms with E-state index in [0.29, 0.717) is 10.6 Å². The van der Waals surface area contributed by atoms with Gasteiger partial charge in [0, 0.05) is 27.2 Å². The minimum atomic E-state index is -0.298. The van der Waals surface area contributed by atoms with Gasteiger partial charge in [0.1, 0.15) is 6.61 Å². The average Bonchev–Trinajstić information content (AvgIpc) is 2.99. The number of H-pyrrole nitrogens is 1. The molecule has 3 nitrogen and oxygen atoms in total. The Hall–Kier alpha value is -2.26. The first-order chi connectivity index (χ1) is 11.7. The predicted molar refractivity (Wildman–Crippen MR) is 95.5 cm³/mol. The lowest BCUT2D eigenvalue weighted by molar-refractivity contribution is 0.0475. The smallest absolute Gasteiger partial charge is 0.339 e. The number of rotatable bonds is 3. The van der Waals surface area contributed by atoms with Crippen LogP contribution in [0.1, 0.15) is 40.0 Å². The predicted octanol–water partition coefficient (Wildman–Crippen LogP) is 5.06. The molecule has 0 atom stereocenters. The average molecular weight is 340 g/mol. The van der Waals surface area contributed by atoms with Crippen molar-refractivity contribution in [3.63, 3.8) is 0 Å². The fraction of sp³-hybridized carbons (Fsp3) is 0.250. The van der Waals surface area contributed by atoms with E-state index in [1.54, 1.807) is 6.07 Å². The van der Waals surface area contributed by atoms with Crippen molar-refractivity contribution in [2.24, 2.45) is 0 Å². The number of benzene rings is 2. The van der Waals surface area contributed by atoms with E-state index >= 15 is 0 Å². The molecule has 24 heavy (non-hydrogen) atoms. The van der Waals surface area contributed by atoms with Gasteiger partial charge in [-0.15, -0.1) is 0 Å². The molecule has 0 spiro atoms. The molecule has 1 heterocycles. The van der Waals surface area contributed by atoms with Gasteiger partial charge in [0.25, 0.3) is 0 Å². The number of halogens is 1. The van der Waals surface area contributed by atoms with Gasteiger partial charge in [0.15, 0.2) is 0 Å². The summed E-state index contributed by atoms with van der Waals surface area (Å²) >= 11 is 6.13. The Balaban J connectivity index is 1.65. The Bertz CT molecular complexity index is 913. The summed E-state index contributed by atoms with van der Waals surface area (Å²) in [5.41, 5.74) is 5.02. The number of aromatic amines is 1. The van der Waals surface area contributed by atoms with Gasteiger partial charge in [-0.3, -0.25) is 0 Å². The minimum absolute atomic E-state index is 0.182. The fourth-order valence-electron chi connectivity index (χ4n) is 3.47. The van der Waals surface area contributed by atoms with Crippen molar-refractivity contribution in [3.8, 4) is 0 Å². The number of esters is 1. The van der Waals surface area contributed by atoms with Gasteiger partial charge in [-0.1, -0.05) is 35.9 Å². The largest absolute Gasteiger partial charge is 0.457 e. The van der Waals surface area contributed by atoms with E-state index in [2.05, 4.69) is 4.98 Å². The maximum Gasteiger partial charge on any atom is 0.339 e. The number of ether oxygens (including phenoxy) is 1. The van der Waals surface area contributed by atoms with Gasteiger partial charge in [0.2, 0.25) is 0 Å². The monoisotopic (exact) mass is 339 g/mol. The van der Waals surface area contributed by atoms with Crippen LogP contribution >= 0.6 is 11.6 Å². The van der Waals surface area contributed by atoms with Gasteiger partial charge in [-0.2, -0.15) is 0 Å². The van der Waals surface area contributed by atoms with Gasteiger partial charge >= 0.3 is 5.97 Å². The van der Waals surface area contributed by atoms with Crippen molar-refractivity contribution in [1.82, 2.24) is 4.98 Å². The number of carbonyl (C=O) groups excluding carboxylic acids is 1. The van der Waals surface area contributed by atoms with Crippen molar-refractivity contribution in [2.75, 3.05) is 0 Å². The number of nitrogens with one attached hydrogen (secondary N) is 1. The maximum atomic E-state index is 12.6. The SMILES string of the molecule is O=C(OCc1ccccc1Cl)c1cccc2[nH]c3c(c12)CCCC3. The molecule has 0 unspecified atom stereocenters. The van der Waals surface area contributed by atoms with Crippen LogP contribution < -0.4 is 0 Å². The number of hydrogen-bond donors (Lipinski definition) is 1. The second-order valence-electron chi connectivity index (χ2n) is 6.18. The number of aryl methyl sites for hydroxylation is 2. The summed E-state index contributed by atoms with van der Waals surface area (Å²) < 4.78 is 5.53. The van der Waals surface area contributed by atoms with Gasteiger partial charge < -0.3 is 9.72 Å². The van der Waals surface area contributed by atoms with Crippen LogP contribution in [0.15, 0.2) is 42.5 Å². The lowest BCUT2D eigenvalue weighted by Gasteiger charge is -2.12. The van der Waals surface area contributed by atoms with E-state index in [1.165, 1.54) is 24.1 Å². The molecule has 2 aromatic carbocycles. The van der Waals surface area contributed by atoms with Crippen molar-refractivity contribution in [2.45, 2.75) is 32.3 Å². The summed E-state index contributed by atoms with van der Waals surface area (Å²) in [5.74, 6) is -0.298. The minimum Gasteiger partial charge on any atom is -0.457 e. The van der Waals surface area contributed by atoms with Crippen LogP contribution in [0.4, 0.5) is 0 Å². The van der Waals surface area contributed by atoms with Crippen molar-refractivity contribution < 1.29 is 9.53 Å². The molecular formula is C20H18ClNO2. The summed E-state index contributed by atoms with van der Waals surface area (Å²) in [7, 11) is 0. The highest BCUT2D eigenvalue weighted by molar-refractivity contribution is 6.31.